The number of ether oxygens (including phenoxy) is 1. The van der Waals surface area contributed by atoms with Gasteiger partial charge in [0.05, 0.1) is 10.0 Å². The second-order valence-corrected chi connectivity index (χ2v) is 5.30. The molecule has 1 heterocycles. The van der Waals surface area contributed by atoms with Crippen LogP contribution in [0.4, 0.5) is 0 Å². The molecule has 0 bridgehead atoms. The number of benzene rings is 1. The molecule has 8 heteroatoms. The lowest BCUT2D eigenvalue weighted by molar-refractivity contribution is 0.318. The summed E-state index contributed by atoms with van der Waals surface area (Å²) in [4.78, 5) is 3.99. The van der Waals surface area contributed by atoms with Crippen molar-refractivity contribution < 1.29 is 9.94 Å². The van der Waals surface area contributed by atoms with Crippen LogP contribution in [0.5, 0.6) is 11.5 Å². The molecule has 1 aromatic carbocycles. The highest BCUT2D eigenvalue weighted by molar-refractivity contribution is 9.10. The molecule has 0 aliphatic heterocycles. The number of oxime groups is 1. The number of hydrogen-bond acceptors (Lipinski definition) is 4. The third kappa shape index (κ3) is 3.15. The molecule has 0 unspecified atom stereocenters. The Balaban J connectivity index is 2.43. The van der Waals surface area contributed by atoms with E-state index in [9.17, 15) is 0 Å². The number of halogens is 3. The number of rotatable bonds is 3. The maximum atomic E-state index is 8.73. The molecule has 0 amide bonds. The zero-order valence-electron chi connectivity index (χ0n) is 9.85. The van der Waals surface area contributed by atoms with E-state index in [1.807, 2.05) is 0 Å². The van der Waals surface area contributed by atoms with E-state index >= 15 is 0 Å². The minimum Gasteiger partial charge on any atom is -0.453 e. The average Bonchev–Trinajstić information content (AvgIpc) is 2.44. The maximum Gasteiger partial charge on any atom is 0.192 e. The van der Waals surface area contributed by atoms with Crippen LogP contribution in [0.15, 0.2) is 40.1 Å². The van der Waals surface area contributed by atoms with Crippen LogP contribution in [0.1, 0.15) is 5.69 Å². The first-order valence-electron chi connectivity index (χ1n) is 5.28. The first-order chi connectivity index (χ1) is 9.52. The van der Waals surface area contributed by atoms with Crippen molar-refractivity contribution in [3.63, 3.8) is 0 Å². The van der Waals surface area contributed by atoms with Crippen LogP contribution in [-0.4, -0.2) is 16.0 Å². The number of hydrogen-bond donors (Lipinski definition) is 2. The summed E-state index contributed by atoms with van der Waals surface area (Å²) in [6.45, 7) is 0. The Labute approximate surface area is 133 Å². The first kappa shape index (κ1) is 14.9. The van der Waals surface area contributed by atoms with Crippen LogP contribution in [0.25, 0.3) is 0 Å². The summed E-state index contributed by atoms with van der Waals surface area (Å²) in [5, 5.41) is 12.4. The van der Waals surface area contributed by atoms with Gasteiger partial charge in [0.15, 0.2) is 17.3 Å². The van der Waals surface area contributed by atoms with Gasteiger partial charge in [-0.25, -0.2) is 4.98 Å². The monoisotopic (exact) mass is 375 g/mol. The second kappa shape index (κ2) is 6.30. The van der Waals surface area contributed by atoms with Crippen LogP contribution in [0.2, 0.25) is 10.0 Å². The summed E-state index contributed by atoms with van der Waals surface area (Å²) in [6.07, 6.45) is 1.50. The first-order valence-corrected chi connectivity index (χ1v) is 6.83. The molecule has 1 aromatic heterocycles. The fraction of sp³-hybridized carbons (Fsp3) is 0. The van der Waals surface area contributed by atoms with Gasteiger partial charge in [-0.3, -0.25) is 0 Å². The van der Waals surface area contributed by atoms with Crippen molar-refractivity contribution in [2.45, 2.75) is 0 Å². The van der Waals surface area contributed by atoms with Crippen molar-refractivity contribution in [1.82, 2.24) is 4.98 Å². The molecule has 0 spiro atoms. The van der Waals surface area contributed by atoms with E-state index in [2.05, 4.69) is 26.1 Å². The SMILES string of the molecule is N/C(=N/O)c1ncccc1Oc1cc(Cl)c(Br)cc1Cl. The summed E-state index contributed by atoms with van der Waals surface area (Å²) >= 11 is 15.3. The molecular weight excluding hydrogens is 369 g/mol. The van der Waals surface area contributed by atoms with Gasteiger partial charge in [-0.2, -0.15) is 0 Å². The number of aromatic nitrogens is 1. The Bertz CT molecular complexity index is 680. The normalized spacial score (nSPS) is 11.4. The van der Waals surface area contributed by atoms with E-state index in [0.29, 0.717) is 26.0 Å². The van der Waals surface area contributed by atoms with Gasteiger partial charge < -0.3 is 15.7 Å². The van der Waals surface area contributed by atoms with E-state index in [1.165, 1.54) is 6.20 Å². The highest BCUT2D eigenvalue weighted by Gasteiger charge is 2.13. The van der Waals surface area contributed by atoms with Crippen molar-refractivity contribution in [1.29, 1.82) is 0 Å². The molecule has 0 saturated heterocycles. The van der Waals surface area contributed by atoms with E-state index in [0.717, 1.165) is 0 Å². The largest absolute Gasteiger partial charge is 0.453 e. The molecule has 104 valence electrons. The molecular formula is C12H8BrCl2N3O2. The number of nitrogens with two attached hydrogens (primary N) is 1. The van der Waals surface area contributed by atoms with Gasteiger partial charge in [-0.05, 0) is 34.1 Å². The van der Waals surface area contributed by atoms with Crippen molar-refractivity contribution in [3.8, 4) is 11.5 Å². The van der Waals surface area contributed by atoms with Crippen molar-refractivity contribution >= 4 is 45.0 Å². The molecule has 2 rings (SSSR count). The summed E-state index contributed by atoms with van der Waals surface area (Å²) in [7, 11) is 0. The Morgan fingerprint density at radius 1 is 1.30 bits per heavy atom. The molecule has 20 heavy (non-hydrogen) atoms. The summed E-state index contributed by atoms with van der Waals surface area (Å²) in [5.74, 6) is 0.461. The molecule has 2 aromatic rings. The predicted octanol–water partition coefficient (Wildman–Crippen LogP) is 4.04. The van der Waals surface area contributed by atoms with Gasteiger partial charge in [0.2, 0.25) is 0 Å². The topological polar surface area (TPSA) is 80.7 Å². The number of nitrogens with zero attached hydrogens (tertiary/aromatic N) is 2. The van der Waals surface area contributed by atoms with Crippen LogP contribution in [0, 0.1) is 0 Å². The van der Waals surface area contributed by atoms with Gasteiger partial charge in [-0.1, -0.05) is 28.4 Å². The number of amidine groups is 1. The molecule has 0 atom stereocenters. The van der Waals surface area contributed by atoms with Gasteiger partial charge in [-0.15, -0.1) is 0 Å². The number of pyridine rings is 1. The van der Waals surface area contributed by atoms with Gasteiger partial charge in [0.1, 0.15) is 5.75 Å². The quantitative estimate of drug-likeness (QED) is 0.278. The second-order valence-electron chi connectivity index (χ2n) is 3.63. The van der Waals surface area contributed by atoms with Crippen molar-refractivity contribution in [2.24, 2.45) is 10.9 Å². The van der Waals surface area contributed by atoms with Crippen LogP contribution in [-0.2, 0) is 0 Å². The lowest BCUT2D eigenvalue weighted by Crippen LogP contribution is -2.16. The molecule has 0 fully saturated rings. The minimum absolute atomic E-state index is 0.167. The Morgan fingerprint density at radius 3 is 2.75 bits per heavy atom. The molecule has 0 aliphatic carbocycles. The lowest BCUT2D eigenvalue weighted by atomic mass is 10.3. The third-order valence-corrected chi connectivity index (χ3v) is 3.81. The Hall–Kier alpha value is -1.50. The summed E-state index contributed by atoms with van der Waals surface area (Å²) in [6, 6.07) is 6.43. The van der Waals surface area contributed by atoms with Crippen LogP contribution < -0.4 is 10.5 Å². The standard InChI is InChI=1S/C12H8BrCl2N3O2/c13-6-4-8(15)10(5-7(6)14)20-9-2-1-3-17-11(9)12(16)18-19/h1-5,19H,(H2,16,18). The molecule has 0 aliphatic rings. The third-order valence-electron chi connectivity index (χ3n) is 2.32. The van der Waals surface area contributed by atoms with E-state index in [4.69, 9.17) is 38.9 Å². The van der Waals surface area contributed by atoms with Crippen molar-refractivity contribution in [3.05, 3.63) is 50.7 Å². The molecule has 3 N–H and O–H groups in total. The molecule has 5 nitrogen and oxygen atoms in total. The average molecular weight is 377 g/mol. The zero-order chi connectivity index (χ0) is 14.7. The van der Waals surface area contributed by atoms with Gasteiger partial charge in [0.25, 0.3) is 0 Å². The van der Waals surface area contributed by atoms with E-state index in [1.54, 1.807) is 24.3 Å². The van der Waals surface area contributed by atoms with Crippen LogP contribution in [0.3, 0.4) is 0 Å². The van der Waals surface area contributed by atoms with Crippen LogP contribution >= 0.6 is 39.1 Å². The molecule has 0 saturated carbocycles. The highest BCUT2D eigenvalue weighted by Crippen LogP contribution is 2.37. The van der Waals surface area contributed by atoms with Gasteiger partial charge in [0, 0.05) is 16.7 Å². The fourth-order valence-corrected chi connectivity index (χ4v) is 2.24. The lowest BCUT2D eigenvalue weighted by Gasteiger charge is -2.11. The van der Waals surface area contributed by atoms with E-state index < -0.39 is 0 Å². The maximum absolute atomic E-state index is 8.73. The minimum atomic E-state index is -0.167. The Kier molecular flexibility index (Phi) is 4.69. The predicted molar refractivity (Wildman–Crippen MR) is 81.0 cm³/mol. The highest BCUT2D eigenvalue weighted by atomic mass is 79.9. The summed E-state index contributed by atoms with van der Waals surface area (Å²) in [5.41, 5.74) is 5.73. The molecule has 0 radical (unpaired) electrons. The fourth-order valence-electron chi connectivity index (χ4n) is 1.41. The van der Waals surface area contributed by atoms with Crippen molar-refractivity contribution in [2.75, 3.05) is 0 Å². The smallest absolute Gasteiger partial charge is 0.192 e. The van der Waals surface area contributed by atoms with Gasteiger partial charge >= 0.3 is 0 Å². The Morgan fingerprint density at radius 2 is 2.05 bits per heavy atom. The zero-order valence-corrected chi connectivity index (χ0v) is 12.9. The van der Waals surface area contributed by atoms with E-state index in [-0.39, 0.29) is 11.5 Å². The summed E-state index contributed by atoms with van der Waals surface area (Å²) < 4.78 is 6.28.